The molecule has 9 nitrogen and oxygen atoms in total. The summed E-state index contributed by atoms with van der Waals surface area (Å²) in [7, 11) is 0. The van der Waals surface area contributed by atoms with E-state index in [4.69, 9.17) is 0 Å². The molecule has 1 aliphatic carbocycles. The number of hydrogen-bond acceptors (Lipinski definition) is 6. The first kappa shape index (κ1) is 29.4. The third kappa shape index (κ3) is 5.54. The van der Waals surface area contributed by atoms with Gasteiger partial charge in [-0.2, -0.15) is 5.10 Å². The van der Waals surface area contributed by atoms with Crippen molar-refractivity contribution < 1.29 is 14.4 Å². The largest absolute Gasteiger partial charge is 0.351 e. The molecule has 2 aliphatic rings. The number of hydrogen-bond donors (Lipinski definition) is 1. The van der Waals surface area contributed by atoms with Crippen LogP contribution in [0.3, 0.4) is 0 Å². The average molecular weight is 591 g/mol. The lowest BCUT2D eigenvalue weighted by Crippen LogP contribution is -2.51. The van der Waals surface area contributed by atoms with Crippen LogP contribution in [0.15, 0.2) is 67.5 Å². The van der Waals surface area contributed by atoms with Crippen LogP contribution in [0.25, 0.3) is 22.0 Å². The van der Waals surface area contributed by atoms with Gasteiger partial charge in [-0.15, -0.1) is 6.58 Å². The van der Waals surface area contributed by atoms with Gasteiger partial charge in [-0.25, -0.2) is 9.97 Å². The molecule has 0 bridgehead atoms. The van der Waals surface area contributed by atoms with Gasteiger partial charge in [0.25, 0.3) is 0 Å². The number of rotatable bonds is 10. The first-order valence-electron chi connectivity index (χ1n) is 15.2. The van der Waals surface area contributed by atoms with Gasteiger partial charge < -0.3 is 10.2 Å². The van der Waals surface area contributed by atoms with E-state index in [1.165, 1.54) is 6.92 Å². The van der Waals surface area contributed by atoms with Crippen LogP contribution in [-0.4, -0.2) is 60.4 Å². The zero-order chi connectivity index (χ0) is 31.2. The van der Waals surface area contributed by atoms with Gasteiger partial charge in [0.2, 0.25) is 11.8 Å². The number of piperidine rings is 1. The van der Waals surface area contributed by atoms with Crippen LogP contribution in [0.2, 0.25) is 0 Å². The molecule has 0 spiro atoms. The molecule has 4 atom stereocenters. The Labute approximate surface area is 257 Å². The van der Waals surface area contributed by atoms with E-state index in [0.717, 1.165) is 34.2 Å². The molecule has 0 radical (unpaired) electrons. The van der Waals surface area contributed by atoms with E-state index in [-0.39, 0.29) is 41.6 Å². The molecule has 1 aliphatic heterocycles. The molecular weight excluding hydrogens is 552 g/mol. The smallest absolute Gasteiger partial charge is 0.245 e. The van der Waals surface area contributed by atoms with Crippen molar-refractivity contribution in [3.8, 4) is 11.1 Å². The monoisotopic (exact) mass is 590 g/mol. The van der Waals surface area contributed by atoms with Crippen molar-refractivity contribution in [3.05, 3.63) is 90.2 Å². The maximum absolute atomic E-state index is 14.0. The van der Waals surface area contributed by atoms with Gasteiger partial charge in [0.05, 0.1) is 5.52 Å². The van der Waals surface area contributed by atoms with Crippen molar-refractivity contribution in [2.75, 3.05) is 0 Å². The fourth-order valence-electron chi connectivity index (χ4n) is 6.77. The number of nitrogens with zero attached hydrogens (tertiary/aromatic N) is 5. The Morgan fingerprint density at radius 1 is 1.09 bits per heavy atom. The van der Waals surface area contributed by atoms with E-state index < -0.39 is 6.04 Å². The minimum Gasteiger partial charge on any atom is -0.351 e. The SMILES string of the molecule is C=CCC(Cc1ccccc1)NC(=O)[C@@H]1C[C@@]2(C)C[C@H]2N1C(=O)Cn1nc(C(C)=O)c2cc(-c3cnc(C)nc3)cc(C)c21. The molecule has 9 heteroatoms. The van der Waals surface area contributed by atoms with Crippen LogP contribution in [0, 0.1) is 19.3 Å². The second kappa shape index (κ2) is 11.4. The van der Waals surface area contributed by atoms with Crippen molar-refractivity contribution in [1.82, 2.24) is 30.0 Å². The van der Waals surface area contributed by atoms with E-state index >= 15 is 0 Å². The lowest BCUT2D eigenvalue weighted by atomic mass is 9.99. The van der Waals surface area contributed by atoms with E-state index in [1.54, 1.807) is 22.0 Å². The molecule has 1 saturated carbocycles. The Hall–Kier alpha value is -4.66. The van der Waals surface area contributed by atoms with Gasteiger partial charge in [0, 0.05) is 42.4 Å². The van der Waals surface area contributed by atoms with Crippen LogP contribution in [-0.2, 0) is 22.6 Å². The summed E-state index contributed by atoms with van der Waals surface area (Å²) in [6.45, 7) is 11.2. The van der Waals surface area contributed by atoms with Gasteiger partial charge in [-0.05, 0) is 73.8 Å². The molecule has 2 amide bonds. The van der Waals surface area contributed by atoms with Crippen molar-refractivity contribution in [3.63, 3.8) is 0 Å². The summed E-state index contributed by atoms with van der Waals surface area (Å²) in [6.07, 6.45) is 8.15. The summed E-state index contributed by atoms with van der Waals surface area (Å²) in [6, 6.07) is 13.3. The molecular formula is C35H38N6O3. The van der Waals surface area contributed by atoms with Gasteiger partial charge in [0.15, 0.2) is 5.78 Å². The van der Waals surface area contributed by atoms with Gasteiger partial charge in [-0.1, -0.05) is 43.3 Å². The number of nitrogens with one attached hydrogen (secondary N) is 1. The molecule has 6 rings (SSSR count). The zero-order valence-electron chi connectivity index (χ0n) is 25.7. The highest BCUT2D eigenvalue weighted by molar-refractivity contribution is 6.07. The van der Waals surface area contributed by atoms with E-state index in [2.05, 4.69) is 33.9 Å². The number of likely N-dealkylation sites (tertiary alicyclic amines) is 1. The van der Waals surface area contributed by atoms with Gasteiger partial charge in [-0.3, -0.25) is 19.1 Å². The summed E-state index contributed by atoms with van der Waals surface area (Å²) in [5.74, 6) is 0.188. The first-order chi connectivity index (χ1) is 21.1. The molecule has 44 heavy (non-hydrogen) atoms. The second-order valence-electron chi connectivity index (χ2n) is 12.6. The summed E-state index contributed by atoms with van der Waals surface area (Å²) in [5.41, 5.74) is 4.69. The van der Waals surface area contributed by atoms with E-state index in [1.807, 2.05) is 62.4 Å². The number of carbonyl (C=O) groups is 3. The number of benzene rings is 2. The lowest BCUT2D eigenvalue weighted by molar-refractivity contribution is -0.140. The Balaban J connectivity index is 1.27. The van der Waals surface area contributed by atoms with Gasteiger partial charge in [0.1, 0.15) is 24.1 Å². The van der Waals surface area contributed by atoms with Crippen molar-refractivity contribution in [1.29, 1.82) is 0 Å². The lowest BCUT2D eigenvalue weighted by Gasteiger charge is -2.29. The number of aryl methyl sites for hydroxylation is 2. The molecule has 1 unspecified atom stereocenters. The zero-order valence-corrected chi connectivity index (χ0v) is 25.7. The van der Waals surface area contributed by atoms with Crippen LogP contribution in [0.4, 0.5) is 0 Å². The first-order valence-corrected chi connectivity index (χ1v) is 15.2. The van der Waals surface area contributed by atoms with Crippen LogP contribution < -0.4 is 5.32 Å². The minimum atomic E-state index is -0.558. The molecule has 4 aromatic rings. The third-order valence-electron chi connectivity index (χ3n) is 9.12. The Kier molecular flexibility index (Phi) is 7.65. The van der Waals surface area contributed by atoms with E-state index in [9.17, 15) is 14.4 Å². The fraction of sp³-hybridized carbons (Fsp3) is 0.371. The summed E-state index contributed by atoms with van der Waals surface area (Å²) < 4.78 is 1.63. The van der Waals surface area contributed by atoms with Crippen LogP contribution in [0.5, 0.6) is 0 Å². The minimum absolute atomic E-state index is 0.0149. The predicted octanol–water partition coefficient (Wildman–Crippen LogP) is 5.00. The summed E-state index contributed by atoms with van der Waals surface area (Å²) >= 11 is 0. The number of aromatic nitrogens is 4. The third-order valence-corrected chi connectivity index (χ3v) is 9.12. The Morgan fingerprint density at radius 3 is 2.50 bits per heavy atom. The number of ketones is 1. The van der Waals surface area contributed by atoms with Crippen molar-refractivity contribution >= 4 is 28.5 Å². The van der Waals surface area contributed by atoms with E-state index in [0.29, 0.717) is 36.2 Å². The quantitative estimate of drug-likeness (QED) is 0.206. The Bertz CT molecular complexity index is 1760. The second-order valence-corrected chi connectivity index (χ2v) is 12.6. The molecule has 3 heterocycles. The number of fused-ring (bicyclic) bond motifs is 2. The highest BCUT2D eigenvalue weighted by Crippen LogP contribution is 2.59. The normalized spacial score (nSPS) is 21.1. The highest BCUT2D eigenvalue weighted by Gasteiger charge is 2.64. The molecule has 2 aromatic carbocycles. The van der Waals surface area contributed by atoms with Crippen molar-refractivity contribution in [2.45, 2.75) is 78.0 Å². The predicted molar refractivity (Wildman–Crippen MR) is 169 cm³/mol. The average Bonchev–Trinajstić information content (AvgIpc) is 3.34. The number of carbonyl (C=O) groups excluding carboxylic acids is 3. The molecule has 1 saturated heterocycles. The molecule has 226 valence electrons. The fourth-order valence-corrected chi connectivity index (χ4v) is 6.77. The van der Waals surface area contributed by atoms with Crippen molar-refractivity contribution in [2.24, 2.45) is 5.41 Å². The van der Waals surface area contributed by atoms with Crippen LogP contribution in [0.1, 0.15) is 60.5 Å². The Morgan fingerprint density at radius 2 is 1.82 bits per heavy atom. The van der Waals surface area contributed by atoms with Crippen LogP contribution >= 0.6 is 0 Å². The summed E-state index contributed by atoms with van der Waals surface area (Å²) in [5, 5.41) is 8.53. The molecule has 2 fully saturated rings. The molecule has 1 N–H and O–H groups in total. The maximum Gasteiger partial charge on any atom is 0.245 e. The number of Topliss-reactive ketones (excluding diaryl/α,β-unsaturated/α-hetero) is 1. The summed E-state index contributed by atoms with van der Waals surface area (Å²) in [4.78, 5) is 50.9. The topological polar surface area (TPSA) is 110 Å². The van der Waals surface area contributed by atoms with Gasteiger partial charge >= 0.3 is 0 Å². The maximum atomic E-state index is 14.0. The molecule has 2 aromatic heterocycles. The number of amides is 2. The highest BCUT2D eigenvalue weighted by atomic mass is 16.2. The standard InChI is InChI=1S/C35H38N6O3/c1-6-10-27(14-24-11-8-7-9-12-24)38-34(44)29-16-35(5)17-30(35)41(29)31(43)20-40-33-21(2)13-25(26-18-36-23(4)37-19-26)15-28(33)32(39-40)22(3)42/h6-9,11-13,15,18-19,27,29-30H,1,10,14,16-17,20H2,2-5H3,(H,38,44)/t27?,29-,30+,35-/m0/s1.